The fourth-order valence-corrected chi connectivity index (χ4v) is 2.31. The highest BCUT2D eigenvalue weighted by Gasteiger charge is 2.23. The van der Waals surface area contributed by atoms with Gasteiger partial charge >= 0.3 is 0 Å². The smallest absolute Gasteiger partial charge is 0.254 e. The van der Waals surface area contributed by atoms with Gasteiger partial charge in [-0.25, -0.2) is 4.63 Å². The summed E-state index contributed by atoms with van der Waals surface area (Å²) in [5.41, 5.74) is 1.84. The van der Waals surface area contributed by atoms with Crippen molar-refractivity contribution in [2.75, 3.05) is 20.3 Å². The first-order valence-corrected chi connectivity index (χ1v) is 6.33. The molecule has 1 aromatic heterocycles. The molecule has 6 heteroatoms. The molecule has 6 nitrogen and oxygen atoms in total. The molecule has 1 fully saturated rings. The number of fused-ring (bicyclic) bond motifs is 1. The number of nitrogens with zero attached hydrogens (tertiary/aromatic N) is 3. The Balaban J connectivity index is 1.81. The number of aromatic nitrogens is 2. The van der Waals surface area contributed by atoms with Gasteiger partial charge in [-0.15, -0.1) is 0 Å². The molecule has 1 saturated heterocycles. The molecule has 3 rings (SSSR count). The van der Waals surface area contributed by atoms with Crippen LogP contribution in [0.25, 0.3) is 11.0 Å². The average Bonchev–Trinajstić information content (AvgIpc) is 2.94. The maximum absolute atomic E-state index is 12.4. The lowest BCUT2D eigenvalue weighted by molar-refractivity contribution is 0.0245. The van der Waals surface area contributed by atoms with E-state index < -0.39 is 0 Å². The number of hydrogen-bond donors (Lipinski definition) is 0. The average molecular weight is 261 g/mol. The van der Waals surface area contributed by atoms with Gasteiger partial charge in [0, 0.05) is 19.2 Å². The maximum atomic E-state index is 12.4. The molecular formula is C13H15N3O3. The van der Waals surface area contributed by atoms with Crippen molar-refractivity contribution in [3.05, 3.63) is 23.8 Å². The van der Waals surface area contributed by atoms with Crippen LogP contribution in [0.3, 0.4) is 0 Å². The maximum Gasteiger partial charge on any atom is 0.254 e. The third kappa shape index (κ3) is 2.31. The van der Waals surface area contributed by atoms with E-state index in [0.717, 1.165) is 19.4 Å². The Kier molecular flexibility index (Phi) is 3.16. The topological polar surface area (TPSA) is 68.5 Å². The van der Waals surface area contributed by atoms with Gasteiger partial charge in [0.05, 0.1) is 12.6 Å². The number of benzene rings is 1. The number of ether oxygens (including phenoxy) is 1. The molecule has 1 amide bonds. The molecule has 0 bridgehead atoms. The predicted molar refractivity (Wildman–Crippen MR) is 67.7 cm³/mol. The molecule has 1 aromatic carbocycles. The summed E-state index contributed by atoms with van der Waals surface area (Å²) in [5.74, 6) is -0.0274. The van der Waals surface area contributed by atoms with E-state index in [-0.39, 0.29) is 11.9 Å². The van der Waals surface area contributed by atoms with E-state index in [4.69, 9.17) is 4.74 Å². The minimum atomic E-state index is -0.0274. The normalized spacial score (nSPS) is 19.5. The number of rotatable bonds is 2. The van der Waals surface area contributed by atoms with E-state index in [2.05, 4.69) is 14.9 Å². The highest BCUT2D eigenvalue weighted by Crippen LogP contribution is 2.17. The van der Waals surface area contributed by atoms with Gasteiger partial charge in [0.25, 0.3) is 5.91 Å². The van der Waals surface area contributed by atoms with Crippen LogP contribution in [0, 0.1) is 0 Å². The lowest BCUT2D eigenvalue weighted by atomic mass is 10.1. The molecule has 100 valence electrons. The van der Waals surface area contributed by atoms with Gasteiger partial charge < -0.3 is 9.64 Å². The van der Waals surface area contributed by atoms with E-state index >= 15 is 0 Å². The zero-order valence-corrected chi connectivity index (χ0v) is 10.7. The molecule has 1 unspecified atom stereocenters. The summed E-state index contributed by atoms with van der Waals surface area (Å²) in [6.45, 7) is 1.39. The van der Waals surface area contributed by atoms with Gasteiger partial charge in [0.1, 0.15) is 11.0 Å². The molecule has 1 aliphatic rings. The minimum absolute atomic E-state index is 0.0274. The van der Waals surface area contributed by atoms with E-state index in [0.29, 0.717) is 23.2 Å². The SMILES string of the molecule is CN(C(=O)c1ccc2nonc2c1)C1CCCOC1. The van der Waals surface area contributed by atoms with Crippen molar-refractivity contribution in [3.8, 4) is 0 Å². The Bertz CT molecular complexity index is 590. The van der Waals surface area contributed by atoms with E-state index in [1.54, 1.807) is 23.1 Å². The Labute approximate surface area is 110 Å². The van der Waals surface area contributed by atoms with Gasteiger partial charge in [-0.3, -0.25) is 4.79 Å². The van der Waals surface area contributed by atoms with Crippen LogP contribution in [-0.4, -0.2) is 47.4 Å². The number of carbonyl (C=O) groups is 1. The summed E-state index contributed by atoms with van der Waals surface area (Å²) in [6.07, 6.45) is 1.98. The summed E-state index contributed by atoms with van der Waals surface area (Å²) in [5, 5.41) is 7.47. The van der Waals surface area contributed by atoms with Crippen molar-refractivity contribution in [3.63, 3.8) is 0 Å². The van der Waals surface area contributed by atoms with Crippen LogP contribution in [0.2, 0.25) is 0 Å². The Morgan fingerprint density at radius 2 is 2.21 bits per heavy atom. The second kappa shape index (κ2) is 4.97. The summed E-state index contributed by atoms with van der Waals surface area (Å²) in [6, 6.07) is 5.33. The van der Waals surface area contributed by atoms with E-state index in [1.165, 1.54) is 0 Å². The first-order valence-electron chi connectivity index (χ1n) is 6.33. The molecule has 0 spiro atoms. The van der Waals surface area contributed by atoms with Crippen LogP contribution in [-0.2, 0) is 4.74 Å². The molecule has 0 aliphatic carbocycles. The number of hydrogen-bond acceptors (Lipinski definition) is 5. The van der Waals surface area contributed by atoms with Crippen LogP contribution in [0.15, 0.2) is 22.8 Å². The van der Waals surface area contributed by atoms with Crippen molar-refractivity contribution in [2.24, 2.45) is 0 Å². The summed E-state index contributed by atoms with van der Waals surface area (Å²) < 4.78 is 10.0. The third-order valence-electron chi connectivity index (χ3n) is 3.51. The fraction of sp³-hybridized carbons (Fsp3) is 0.462. The highest BCUT2D eigenvalue weighted by molar-refractivity contribution is 5.97. The monoisotopic (exact) mass is 261 g/mol. The predicted octanol–water partition coefficient (Wildman–Crippen LogP) is 1.47. The van der Waals surface area contributed by atoms with Gasteiger partial charge in [-0.05, 0) is 41.4 Å². The number of likely N-dealkylation sites (N-methyl/N-ethyl adjacent to an activating group) is 1. The Morgan fingerprint density at radius 1 is 1.37 bits per heavy atom. The summed E-state index contributed by atoms with van der Waals surface area (Å²) in [4.78, 5) is 14.1. The van der Waals surface area contributed by atoms with Crippen LogP contribution in [0.1, 0.15) is 23.2 Å². The van der Waals surface area contributed by atoms with Crippen LogP contribution < -0.4 is 0 Å². The standard InChI is InChI=1S/C13H15N3O3/c1-16(10-3-2-6-18-8-10)13(17)9-4-5-11-12(7-9)15-19-14-11/h4-5,7,10H,2-3,6,8H2,1H3. The summed E-state index contributed by atoms with van der Waals surface area (Å²) in [7, 11) is 1.81. The molecule has 0 saturated carbocycles. The molecule has 1 atom stereocenters. The molecule has 2 heterocycles. The lowest BCUT2D eigenvalue weighted by Gasteiger charge is -2.31. The largest absolute Gasteiger partial charge is 0.379 e. The minimum Gasteiger partial charge on any atom is -0.379 e. The van der Waals surface area contributed by atoms with Crippen LogP contribution >= 0.6 is 0 Å². The van der Waals surface area contributed by atoms with Crippen LogP contribution in [0.5, 0.6) is 0 Å². The van der Waals surface area contributed by atoms with Crippen molar-refractivity contribution in [2.45, 2.75) is 18.9 Å². The quantitative estimate of drug-likeness (QED) is 0.819. The number of amides is 1. The zero-order valence-electron chi connectivity index (χ0n) is 10.7. The first kappa shape index (κ1) is 12.1. The van der Waals surface area contributed by atoms with Gasteiger partial charge in [0.2, 0.25) is 0 Å². The zero-order chi connectivity index (χ0) is 13.2. The third-order valence-corrected chi connectivity index (χ3v) is 3.51. The van der Waals surface area contributed by atoms with Crippen molar-refractivity contribution in [1.29, 1.82) is 0 Å². The molecule has 0 radical (unpaired) electrons. The van der Waals surface area contributed by atoms with E-state index in [1.807, 2.05) is 7.05 Å². The second-order valence-electron chi connectivity index (χ2n) is 4.75. The molecule has 0 N–H and O–H groups in total. The van der Waals surface area contributed by atoms with Crippen molar-refractivity contribution in [1.82, 2.24) is 15.2 Å². The van der Waals surface area contributed by atoms with Crippen molar-refractivity contribution < 1.29 is 14.2 Å². The van der Waals surface area contributed by atoms with Crippen molar-refractivity contribution >= 4 is 16.9 Å². The molecule has 1 aliphatic heterocycles. The Hall–Kier alpha value is -1.95. The number of carbonyl (C=O) groups excluding carboxylic acids is 1. The second-order valence-corrected chi connectivity index (χ2v) is 4.75. The van der Waals surface area contributed by atoms with E-state index in [9.17, 15) is 4.79 Å². The van der Waals surface area contributed by atoms with Crippen LogP contribution in [0.4, 0.5) is 0 Å². The first-order chi connectivity index (χ1) is 9.25. The Morgan fingerprint density at radius 3 is 3.00 bits per heavy atom. The molecule has 19 heavy (non-hydrogen) atoms. The molecule has 2 aromatic rings. The van der Waals surface area contributed by atoms with Gasteiger partial charge in [-0.2, -0.15) is 0 Å². The fourth-order valence-electron chi connectivity index (χ4n) is 2.31. The van der Waals surface area contributed by atoms with Gasteiger partial charge in [-0.1, -0.05) is 0 Å². The highest BCUT2D eigenvalue weighted by atomic mass is 16.6. The van der Waals surface area contributed by atoms with Gasteiger partial charge in [0.15, 0.2) is 0 Å². The molecular weight excluding hydrogens is 246 g/mol. The lowest BCUT2D eigenvalue weighted by Crippen LogP contribution is -2.42. The summed E-state index contributed by atoms with van der Waals surface area (Å²) >= 11 is 0.